The first-order valence-corrected chi connectivity index (χ1v) is 11.4. The van der Waals surface area contributed by atoms with Gasteiger partial charge in [0.15, 0.2) is 0 Å². The van der Waals surface area contributed by atoms with Crippen LogP contribution < -0.4 is 16.1 Å². The number of H-pyrrole nitrogens is 1. The lowest BCUT2D eigenvalue weighted by atomic mass is 10.0. The minimum Gasteiger partial charge on any atom is -0.356 e. The first kappa shape index (κ1) is 25.5. The number of nitrogens with one attached hydrogen (secondary N) is 4. The summed E-state index contributed by atoms with van der Waals surface area (Å²) in [6, 6.07) is 4.63. The van der Waals surface area contributed by atoms with Crippen molar-refractivity contribution in [2.24, 2.45) is 11.8 Å². The first-order valence-electron chi connectivity index (χ1n) is 10.9. The highest BCUT2D eigenvalue weighted by Crippen LogP contribution is 2.19. The molecule has 0 spiro atoms. The van der Waals surface area contributed by atoms with Crippen LogP contribution in [0, 0.1) is 17.7 Å². The second kappa shape index (κ2) is 10.9. The molecule has 4 amide bonds. The van der Waals surface area contributed by atoms with E-state index < -0.39 is 41.0 Å². The van der Waals surface area contributed by atoms with Crippen LogP contribution in [0.25, 0.3) is 10.9 Å². The highest BCUT2D eigenvalue weighted by atomic mass is 32.1. The van der Waals surface area contributed by atoms with E-state index in [1.54, 1.807) is 6.07 Å². The van der Waals surface area contributed by atoms with Gasteiger partial charge in [0.05, 0.1) is 12.5 Å². The van der Waals surface area contributed by atoms with Crippen LogP contribution >= 0.6 is 12.6 Å². The van der Waals surface area contributed by atoms with Crippen molar-refractivity contribution in [3.8, 4) is 0 Å². The molecule has 3 rings (SSSR count). The van der Waals surface area contributed by atoms with Crippen molar-refractivity contribution in [1.82, 2.24) is 26.1 Å². The van der Waals surface area contributed by atoms with Gasteiger partial charge in [0.1, 0.15) is 17.6 Å². The number of carbonyl (C=O) groups is 4. The number of alkyl halides is 1. The summed E-state index contributed by atoms with van der Waals surface area (Å²) in [5.74, 6) is -3.98. The number of hydrogen-bond acceptors (Lipinski definition) is 5. The van der Waals surface area contributed by atoms with Gasteiger partial charge in [-0.05, 0) is 37.0 Å². The predicted octanol–water partition coefficient (Wildman–Crippen LogP) is 1.67. The summed E-state index contributed by atoms with van der Waals surface area (Å²) < 4.78 is 27.6. The van der Waals surface area contributed by atoms with Gasteiger partial charge in [0, 0.05) is 17.4 Å². The molecule has 1 aromatic heterocycles. The minimum atomic E-state index is -2.20. The smallest absolute Gasteiger partial charge is 0.285 e. The molecule has 0 radical (unpaired) electrons. The van der Waals surface area contributed by atoms with E-state index in [9.17, 15) is 28.0 Å². The molecule has 12 heteroatoms. The van der Waals surface area contributed by atoms with E-state index in [-0.39, 0.29) is 35.9 Å². The van der Waals surface area contributed by atoms with Crippen molar-refractivity contribution >= 4 is 47.2 Å². The largest absolute Gasteiger partial charge is 0.356 e. The number of benzene rings is 1. The Morgan fingerprint density at radius 1 is 1.29 bits per heavy atom. The Balaban J connectivity index is 1.76. The van der Waals surface area contributed by atoms with E-state index in [0.717, 1.165) is 5.01 Å². The van der Waals surface area contributed by atoms with E-state index >= 15 is 0 Å². The van der Waals surface area contributed by atoms with E-state index in [1.807, 2.05) is 13.8 Å². The van der Waals surface area contributed by atoms with Crippen LogP contribution in [0.15, 0.2) is 24.3 Å². The summed E-state index contributed by atoms with van der Waals surface area (Å²) in [5.41, 5.74) is 0.603. The first-order chi connectivity index (χ1) is 16.1. The number of nitrogens with zero attached hydrogens (tertiary/aromatic N) is 1. The van der Waals surface area contributed by atoms with Crippen LogP contribution in [0.3, 0.4) is 0 Å². The molecule has 184 valence electrons. The van der Waals surface area contributed by atoms with Gasteiger partial charge in [-0.1, -0.05) is 19.9 Å². The number of aromatic nitrogens is 1. The van der Waals surface area contributed by atoms with Gasteiger partial charge in [0.2, 0.25) is 11.4 Å². The Kier molecular flexibility index (Phi) is 8.13. The number of halogens is 2. The molecule has 2 aromatic rings. The number of fused-ring (bicyclic) bond motifs is 1. The zero-order chi connectivity index (χ0) is 25.0. The van der Waals surface area contributed by atoms with E-state index in [1.165, 1.54) is 18.2 Å². The monoisotopic (exact) mass is 495 g/mol. The molecule has 1 aromatic carbocycles. The van der Waals surface area contributed by atoms with Crippen molar-refractivity contribution in [1.29, 1.82) is 0 Å². The maximum Gasteiger partial charge on any atom is 0.285 e. The lowest BCUT2D eigenvalue weighted by Crippen LogP contribution is -2.57. The van der Waals surface area contributed by atoms with Crippen molar-refractivity contribution in [2.75, 3.05) is 13.1 Å². The third-order valence-electron chi connectivity index (χ3n) is 5.47. The molecule has 1 aliphatic heterocycles. The van der Waals surface area contributed by atoms with Crippen LogP contribution in [0.4, 0.5) is 8.78 Å². The fourth-order valence-electron chi connectivity index (χ4n) is 3.75. The molecule has 1 fully saturated rings. The number of hydrogen-bond donors (Lipinski definition) is 5. The van der Waals surface area contributed by atoms with Crippen molar-refractivity contribution < 1.29 is 28.0 Å². The molecule has 0 saturated carbocycles. The summed E-state index contributed by atoms with van der Waals surface area (Å²) >= 11 is 3.50. The topological polar surface area (TPSA) is 123 Å². The molecule has 34 heavy (non-hydrogen) atoms. The second-order valence-corrected chi connectivity index (χ2v) is 9.03. The lowest BCUT2D eigenvalue weighted by molar-refractivity contribution is -0.145. The standard InChI is InChI=1S/C22H27F2N5O4S/c1-11(2)8-16(27-20(31)17-9-13-14(23)4-3-5-15(13)26-17)21(32)28-29(22(33)18(24)34)10-12-6-7-25-19(12)30/h3-5,9,11-12,16,18,26,34H,6-8,10H2,1-2H3,(H,25,30)(H,27,31)(H,28,32)/t12-,16-,18-/m0/s1. The van der Waals surface area contributed by atoms with Gasteiger partial charge in [-0.2, -0.15) is 0 Å². The predicted molar refractivity (Wildman–Crippen MR) is 124 cm³/mol. The van der Waals surface area contributed by atoms with Crippen LogP contribution in [0.5, 0.6) is 0 Å². The number of aromatic amines is 1. The van der Waals surface area contributed by atoms with Gasteiger partial charge in [0.25, 0.3) is 17.7 Å². The highest BCUT2D eigenvalue weighted by Gasteiger charge is 2.33. The fourth-order valence-corrected chi connectivity index (χ4v) is 3.89. The Morgan fingerprint density at radius 3 is 2.62 bits per heavy atom. The molecular weight excluding hydrogens is 468 g/mol. The molecule has 2 heterocycles. The van der Waals surface area contributed by atoms with E-state index in [2.05, 4.69) is 33.7 Å². The number of hydrazine groups is 1. The van der Waals surface area contributed by atoms with Gasteiger partial charge >= 0.3 is 0 Å². The third kappa shape index (κ3) is 6.04. The van der Waals surface area contributed by atoms with Crippen molar-refractivity contribution in [3.63, 3.8) is 0 Å². The average molecular weight is 496 g/mol. The number of thiol groups is 1. The van der Waals surface area contributed by atoms with Crippen molar-refractivity contribution in [2.45, 2.75) is 38.2 Å². The molecule has 0 unspecified atom stereocenters. The maximum atomic E-state index is 14.0. The van der Waals surface area contributed by atoms with Crippen LogP contribution in [0.2, 0.25) is 0 Å². The molecule has 1 aliphatic rings. The maximum absolute atomic E-state index is 14.0. The molecular formula is C22H27F2N5O4S. The van der Waals surface area contributed by atoms with Gasteiger partial charge in [-0.25, -0.2) is 13.8 Å². The van der Waals surface area contributed by atoms with E-state index in [0.29, 0.717) is 18.5 Å². The molecule has 1 saturated heterocycles. The van der Waals surface area contributed by atoms with E-state index in [4.69, 9.17) is 0 Å². The summed E-state index contributed by atoms with van der Waals surface area (Å²) in [6.45, 7) is 3.85. The van der Waals surface area contributed by atoms with Crippen LogP contribution in [-0.4, -0.2) is 58.3 Å². The van der Waals surface area contributed by atoms with Crippen LogP contribution in [-0.2, 0) is 14.4 Å². The Bertz CT molecular complexity index is 1090. The molecule has 3 atom stereocenters. The van der Waals surface area contributed by atoms with Gasteiger partial charge < -0.3 is 15.6 Å². The second-order valence-electron chi connectivity index (χ2n) is 8.58. The summed E-state index contributed by atoms with van der Waals surface area (Å²) in [5, 5.41) is 6.16. The SMILES string of the molecule is CC(C)C[C@H](NC(=O)c1cc2c(F)cccc2[nH]1)C(=O)NN(C[C@@H]1CCNC1=O)C(=O)[C@@H](F)S. The fraction of sp³-hybridized carbons (Fsp3) is 0.455. The highest BCUT2D eigenvalue weighted by molar-refractivity contribution is 7.81. The quantitative estimate of drug-likeness (QED) is 0.282. The molecule has 9 nitrogen and oxygen atoms in total. The van der Waals surface area contributed by atoms with Crippen molar-refractivity contribution in [3.05, 3.63) is 35.8 Å². The van der Waals surface area contributed by atoms with Crippen LogP contribution in [0.1, 0.15) is 37.2 Å². The Hall–Kier alpha value is -3.15. The molecule has 0 aliphatic carbocycles. The number of amides is 4. The number of rotatable bonds is 8. The average Bonchev–Trinajstić information content (AvgIpc) is 3.39. The minimum absolute atomic E-state index is 0.0280. The zero-order valence-corrected chi connectivity index (χ0v) is 19.6. The zero-order valence-electron chi connectivity index (χ0n) is 18.7. The Labute approximate surface area is 200 Å². The molecule has 0 bridgehead atoms. The van der Waals surface area contributed by atoms with Gasteiger partial charge in [-0.3, -0.25) is 24.6 Å². The summed E-state index contributed by atoms with van der Waals surface area (Å²) in [6.07, 6.45) is 0.628. The molecule has 4 N–H and O–H groups in total. The summed E-state index contributed by atoms with van der Waals surface area (Å²) in [7, 11) is 0. The third-order valence-corrected chi connectivity index (χ3v) is 5.69. The number of carbonyl (C=O) groups excluding carboxylic acids is 4. The lowest BCUT2D eigenvalue weighted by Gasteiger charge is -2.28. The Morgan fingerprint density at radius 2 is 2.03 bits per heavy atom. The van der Waals surface area contributed by atoms with Gasteiger partial charge in [-0.15, -0.1) is 12.6 Å². The normalized spacial score (nSPS) is 17.4. The summed E-state index contributed by atoms with van der Waals surface area (Å²) in [4.78, 5) is 52.9.